The minimum atomic E-state index is -4.50. The van der Waals surface area contributed by atoms with Crippen molar-refractivity contribution >= 4 is 17.7 Å². The van der Waals surface area contributed by atoms with E-state index < -0.39 is 11.7 Å². The number of alkyl halides is 3. The fourth-order valence-electron chi connectivity index (χ4n) is 4.26. The number of likely N-dealkylation sites (N-methyl/N-ethyl adjacent to an activating group) is 1. The van der Waals surface area contributed by atoms with Gasteiger partial charge in [-0.1, -0.05) is 51.1 Å². The van der Waals surface area contributed by atoms with Crippen LogP contribution in [0.3, 0.4) is 0 Å². The van der Waals surface area contributed by atoms with E-state index in [2.05, 4.69) is 10.6 Å². The Hall–Kier alpha value is -3.27. The van der Waals surface area contributed by atoms with Crippen molar-refractivity contribution in [3.63, 3.8) is 0 Å². The molecule has 0 saturated heterocycles. The number of hydrogen-bond acceptors (Lipinski definition) is 5. The number of fused-ring (bicyclic) bond motifs is 1. The van der Waals surface area contributed by atoms with Crippen LogP contribution in [0.4, 0.5) is 23.7 Å². The highest BCUT2D eigenvalue weighted by Gasteiger charge is 2.33. The number of nitrogens with one attached hydrogen (secondary N) is 2. The number of anilines is 1. The SMILES string of the molecule is CNCCN(Cc1ccccc1C(F)(F)F)C(=O)CNc1cccc2c1CCN(C(=O)OCC(C)(C)C)C2. The molecule has 2 N–H and O–H groups in total. The number of halogens is 3. The standard InChI is InChI=1S/C28H37F3N4O3/c1-27(2,3)19-38-26(37)35-14-12-22-20(17-35)9-7-11-24(22)33-16-25(36)34(15-13-32-4)18-21-8-5-6-10-23(21)28(29,30)31/h5-11,32-33H,12-19H2,1-4H3. The molecule has 1 aliphatic rings. The van der Waals surface area contributed by atoms with Gasteiger partial charge >= 0.3 is 12.3 Å². The molecule has 0 bridgehead atoms. The molecule has 2 aromatic carbocycles. The van der Waals surface area contributed by atoms with Crippen LogP contribution in [-0.2, 0) is 35.2 Å². The molecule has 7 nitrogen and oxygen atoms in total. The summed E-state index contributed by atoms with van der Waals surface area (Å²) in [4.78, 5) is 28.7. The highest BCUT2D eigenvalue weighted by atomic mass is 19.4. The molecule has 0 saturated carbocycles. The molecule has 2 amide bonds. The van der Waals surface area contributed by atoms with Crippen molar-refractivity contribution in [3.8, 4) is 0 Å². The molecule has 0 atom stereocenters. The van der Waals surface area contributed by atoms with E-state index >= 15 is 0 Å². The zero-order chi connectivity index (χ0) is 27.9. The Morgan fingerprint density at radius 3 is 2.50 bits per heavy atom. The molecule has 10 heteroatoms. The monoisotopic (exact) mass is 534 g/mol. The lowest BCUT2D eigenvalue weighted by atomic mass is 9.97. The van der Waals surface area contributed by atoms with Crippen molar-refractivity contribution in [2.75, 3.05) is 45.2 Å². The van der Waals surface area contributed by atoms with Crippen molar-refractivity contribution in [1.82, 2.24) is 15.1 Å². The quantitative estimate of drug-likeness (QED) is 0.479. The first kappa shape index (κ1) is 29.3. The summed E-state index contributed by atoms with van der Waals surface area (Å²) in [6.07, 6.45) is -4.25. The molecule has 0 radical (unpaired) electrons. The third kappa shape index (κ3) is 8.11. The maximum atomic E-state index is 13.5. The summed E-state index contributed by atoms with van der Waals surface area (Å²) in [5, 5.41) is 6.13. The van der Waals surface area contributed by atoms with Crippen LogP contribution in [0.5, 0.6) is 0 Å². The Morgan fingerprint density at radius 2 is 1.82 bits per heavy atom. The van der Waals surface area contributed by atoms with Crippen LogP contribution < -0.4 is 10.6 Å². The first-order valence-electron chi connectivity index (χ1n) is 12.7. The summed E-state index contributed by atoms with van der Waals surface area (Å²) >= 11 is 0. The Balaban J connectivity index is 1.67. The van der Waals surface area contributed by atoms with Gasteiger partial charge in [0.05, 0.1) is 18.7 Å². The minimum absolute atomic E-state index is 0.0555. The van der Waals surface area contributed by atoms with E-state index in [-0.39, 0.29) is 42.6 Å². The van der Waals surface area contributed by atoms with E-state index in [4.69, 9.17) is 4.74 Å². The number of amides is 2. The van der Waals surface area contributed by atoms with Crippen molar-refractivity contribution in [2.24, 2.45) is 5.41 Å². The van der Waals surface area contributed by atoms with Crippen molar-refractivity contribution in [2.45, 2.75) is 46.5 Å². The molecule has 2 aromatic rings. The summed E-state index contributed by atoms with van der Waals surface area (Å²) in [7, 11) is 1.73. The summed E-state index contributed by atoms with van der Waals surface area (Å²) in [6.45, 7) is 7.73. The summed E-state index contributed by atoms with van der Waals surface area (Å²) in [5.74, 6) is -0.307. The molecule has 1 heterocycles. The molecular weight excluding hydrogens is 497 g/mol. The highest BCUT2D eigenvalue weighted by molar-refractivity contribution is 5.81. The Labute approximate surface area is 222 Å². The van der Waals surface area contributed by atoms with E-state index in [9.17, 15) is 22.8 Å². The average Bonchev–Trinajstić information content (AvgIpc) is 2.87. The lowest BCUT2D eigenvalue weighted by Crippen LogP contribution is -2.40. The van der Waals surface area contributed by atoms with E-state index in [0.29, 0.717) is 32.7 Å². The van der Waals surface area contributed by atoms with Crippen LogP contribution in [0, 0.1) is 5.41 Å². The summed E-state index contributed by atoms with van der Waals surface area (Å²) in [6, 6.07) is 11.0. The molecular formula is C28H37F3N4O3. The number of carbonyl (C=O) groups is 2. The number of ether oxygens (including phenoxy) is 1. The number of rotatable bonds is 9. The summed E-state index contributed by atoms with van der Waals surface area (Å²) in [5.41, 5.74) is 1.96. The molecule has 38 heavy (non-hydrogen) atoms. The lowest BCUT2D eigenvalue weighted by Gasteiger charge is -2.31. The predicted octanol–water partition coefficient (Wildman–Crippen LogP) is 4.91. The van der Waals surface area contributed by atoms with E-state index in [1.807, 2.05) is 39.0 Å². The second-order valence-corrected chi connectivity index (χ2v) is 10.7. The van der Waals surface area contributed by atoms with Gasteiger partial charge in [-0.05, 0) is 47.7 Å². The second-order valence-electron chi connectivity index (χ2n) is 10.7. The number of carbonyl (C=O) groups excluding carboxylic acids is 2. The molecule has 0 fully saturated rings. The highest BCUT2D eigenvalue weighted by Crippen LogP contribution is 2.32. The number of hydrogen-bond donors (Lipinski definition) is 2. The zero-order valence-electron chi connectivity index (χ0n) is 22.5. The van der Waals surface area contributed by atoms with Gasteiger partial charge in [0.15, 0.2) is 0 Å². The van der Waals surface area contributed by atoms with Crippen molar-refractivity contribution < 1.29 is 27.5 Å². The number of benzene rings is 2. The number of nitrogens with zero attached hydrogens (tertiary/aromatic N) is 2. The van der Waals surface area contributed by atoms with Gasteiger partial charge in [-0.2, -0.15) is 13.2 Å². The van der Waals surface area contributed by atoms with Gasteiger partial charge in [-0.25, -0.2) is 4.79 Å². The fraction of sp³-hybridized carbons (Fsp3) is 0.500. The van der Waals surface area contributed by atoms with Gasteiger partial charge < -0.3 is 25.2 Å². The fourth-order valence-corrected chi connectivity index (χ4v) is 4.26. The molecule has 208 valence electrons. The van der Waals surface area contributed by atoms with Crippen LogP contribution >= 0.6 is 0 Å². The Kier molecular flexibility index (Phi) is 9.65. The van der Waals surface area contributed by atoms with Crippen molar-refractivity contribution in [3.05, 3.63) is 64.7 Å². The van der Waals surface area contributed by atoms with Crippen LogP contribution in [0.2, 0.25) is 0 Å². The molecule has 0 spiro atoms. The van der Waals surface area contributed by atoms with Gasteiger partial charge in [-0.3, -0.25) is 4.79 Å². The largest absolute Gasteiger partial charge is 0.449 e. The van der Waals surface area contributed by atoms with Gasteiger partial charge in [0.25, 0.3) is 0 Å². The van der Waals surface area contributed by atoms with Gasteiger partial charge in [0.2, 0.25) is 5.91 Å². The molecule has 0 aromatic heterocycles. The molecule has 1 aliphatic heterocycles. The van der Waals surface area contributed by atoms with Gasteiger partial charge in [0, 0.05) is 38.4 Å². The third-order valence-electron chi connectivity index (χ3n) is 6.25. The van der Waals surface area contributed by atoms with E-state index in [0.717, 1.165) is 22.9 Å². The average molecular weight is 535 g/mol. The van der Waals surface area contributed by atoms with Crippen LogP contribution in [0.25, 0.3) is 0 Å². The minimum Gasteiger partial charge on any atom is -0.449 e. The maximum absolute atomic E-state index is 13.5. The van der Waals surface area contributed by atoms with Crippen LogP contribution in [0.15, 0.2) is 42.5 Å². The van der Waals surface area contributed by atoms with E-state index in [1.165, 1.54) is 17.0 Å². The normalized spacial score (nSPS) is 13.6. The topological polar surface area (TPSA) is 73.9 Å². The van der Waals surface area contributed by atoms with Crippen LogP contribution in [0.1, 0.15) is 43.0 Å². The third-order valence-corrected chi connectivity index (χ3v) is 6.25. The second kappa shape index (κ2) is 12.5. The first-order chi connectivity index (χ1) is 17.9. The molecule has 0 unspecified atom stereocenters. The first-order valence-corrected chi connectivity index (χ1v) is 12.7. The zero-order valence-corrected chi connectivity index (χ0v) is 22.5. The predicted molar refractivity (Wildman–Crippen MR) is 141 cm³/mol. The molecule has 0 aliphatic carbocycles. The lowest BCUT2D eigenvalue weighted by molar-refractivity contribution is -0.139. The maximum Gasteiger partial charge on any atom is 0.416 e. The smallest absolute Gasteiger partial charge is 0.416 e. The molecule has 3 rings (SSSR count). The van der Waals surface area contributed by atoms with Crippen molar-refractivity contribution in [1.29, 1.82) is 0 Å². The van der Waals surface area contributed by atoms with Gasteiger partial charge in [-0.15, -0.1) is 0 Å². The summed E-state index contributed by atoms with van der Waals surface area (Å²) < 4.78 is 45.9. The van der Waals surface area contributed by atoms with E-state index in [1.54, 1.807) is 18.0 Å². The van der Waals surface area contributed by atoms with Crippen LogP contribution in [-0.4, -0.2) is 61.6 Å². The van der Waals surface area contributed by atoms with Gasteiger partial charge in [0.1, 0.15) is 0 Å². The Morgan fingerprint density at radius 1 is 1.08 bits per heavy atom. The Bertz CT molecular complexity index is 1120.